The molecule has 0 aromatic heterocycles. The molecule has 0 saturated carbocycles. The second-order valence-corrected chi connectivity index (χ2v) is 5.04. The van der Waals surface area contributed by atoms with Crippen molar-refractivity contribution in [1.82, 2.24) is 15.5 Å². The number of piperidine rings is 1. The zero-order valence-electron chi connectivity index (χ0n) is 11.2. The molecule has 1 fully saturated rings. The molecular formula is C12H23N3O3. The summed E-state index contributed by atoms with van der Waals surface area (Å²) in [5, 5.41) is 15.0. The third-order valence-electron chi connectivity index (χ3n) is 3.55. The average molecular weight is 257 g/mol. The highest BCUT2D eigenvalue weighted by Gasteiger charge is 2.37. The highest BCUT2D eigenvalue weighted by Crippen LogP contribution is 2.30. The molecule has 0 atom stereocenters. The number of hydrogen-bond acceptors (Lipinski definition) is 3. The van der Waals surface area contributed by atoms with Crippen molar-refractivity contribution in [1.29, 1.82) is 0 Å². The quantitative estimate of drug-likeness (QED) is 0.626. The molecule has 0 unspecified atom stereocenters. The van der Waals surface area contributed by atoms with E-state index in [0.29, 0.717) is 32.5 Å². The monoisotopic (exact) mass is 257 g/mol. The summed E-state index contributed by atoms with van der Waals surface area (Å²) < 4.78 is 0. The van der Waals surface area contributed by atoms with Crippen LogP contribution in [0.25, 0.3) is 0 Å². The Hall–Kier alpha value is -1.30. The number of carbonyl (C=O) groups is 2. The number of likely N-dealkylation sites (tertiary alicyclic amines) is 1. The molecule has 0 bridgehead atoms. The van der Waals surface area contributed by atoms with Gasteiger partial charge in [-0.1, -0.05) is 0 Å². The van der Waals surface area contributed by atoms with Gasteiger partial charge in [0.05, 0.1) is 5.41 Å². The Balaban J connectivity index is 2.30. The molecule has 1 saturated heterocycles. The van der Waals surface area contributed by atoms with E-state index in [1.54, 1.807) is 11.8 Å². The molecule has 6 heteroatoms. The molecular weight excluding hydrogens is 234 g/mol. The first-order valence-electron chi connectivity index (χ1n) is 6.40. The van der Waals surface area contributed by atoms with E-state index >= 15 is 0 Å². The molecule has 0 spiro atoms. The number of rotatable bonds is 5. The van der Waals surface area contributed by atoms with Crippen LogP contribution in [-0.4, -0.2) is 55.2 Å². The van der Waals surface area contributed by atoms with Gasteiger partial charge in [-0.2, -0.15) is 0 Å². The molecule has 0 aliphatic carbocycles. The van der Waals surface area contributed by atoms with Crippen molar-refractivity contribution >= 4 is 12.0 Å². The summed E-state index contributed by atoms with van der Waals surface area (Å²) in [5.41, 5.74) is -0.678. The number of carboxylic acid groups (broad SMARTS) is 1. The lowest BCUT2D eigenvalue weighted by Crippen LogP contribution is -2.48. The fraction of sp³-hybridized carbons (Fsp3) is 0.833. The first-order valence-corrected chi connectivity index (χ1v) is 6.40. The molecule has 104 valence electrons. The summed E-state index contributed by atoms with van der Waals surface area (Å²) >= 11 is 0. The van der Waals surface area contributed by atoms with Crippen LogP contribution in [0.2, 0.25) is 0 Å². The average Bonchev–Trinajstić information content (AvgIpc) is 2.35. The highest BCUT2D eigenvalue weighted by molar-refractivity contribution is 5.76. The van der Waals surface area contributed by atoms with Gasteiger partial charge in [-0.25, -0.2) is 4.79 Å². The first-order chi connectivity index (χ1) is 8.49. The fourth-order valence-corrected chi connectivity index (χ4v) is 1.99. The Morgan fingerprint density at radius 1 is 1.28 bits per heavy atom. The number of aliphatic carboxylic acids is 1. The van der Waals surface area contributed by atoms with Gasteiger partial charge < -0.3 is 20.6 Å². The van der Waals surface area contributed by atoms with E-state index in [1.165, 1.54) is 0 Å². The third-order valence-corrected chi connectivity index (χ3v) is 3.55. The lowest BCUT2D eigenvalue weighted by molar-refractivity contribution is -0.150. The van der Waals surface area contributed by atoms with Gasteiger partial charge in [0.1, 0.15) is 0 Å². The van der Waals surface area contributed by atoms with Crippen molar-refractivity contribution < 1.29 is 14.7 Å². The Morgan fingerprint density at radius 3 is 2.39 bits per heavy atom. The van der Waals surface area contributed by atoms with E-state index < -0.39 is 11.4 Å². The SMILES string of the molecule is CNCCCNC(=O)N1CCC(C)(C(=O)O)CC1. The molecule has 18 heavy (non-hydrogen) atoms. The summed E-state index contributed by atoms with van der Waals surface area (Å²) in [6.07, 6.45) is 1.93. The topological polar surface area (TPSA) is 81.7 Å². The van der Waals surface area contributed by atoms with Crippen LogP contribution < -0.4 is 10.6 Å². The zero-order valence-corrected chi connectivity index (χ0v) is 11.2. The molecule has 0 aromatic carbocycles. The van der Waals surface area contributed by atoms with E-state index in [4.69, 9.17) is 5.11 Å². The van der Waals surface area contributed by atoms with Crippen LogP contribution in [0.5, 0.6) is 0 Å². The van der Waals surface area contributed by atoms with E-state index in [1.807, 2.05) is 7.05 Å². The Bertz CT molecular complexity index is 299. The van der Waals surface area contributed by atoms with Gasteiger partial charge in [-0.05, 0) is 39.8 Å². The number of carbonyl (C=O) groups excluding carboxylic acids is 1. The molecule has 0 radical (unpaired) electrons. The molecule has 6 nitrogen and oxygen atoms in total. The number of nitrogens with zero attached hydrogens (tertiary/aromatic N) is 1. The highest BCUT2D eigenvalue weighted by atomic mass is 16.4. The third kappa shape index (κ3) is 3.87. The smallest absolute Gasteiger partial charge is 0.317 e. The summed E-state index contributed by atoms with van der Waals surface area (Å²) in [5.74, 6) is -0.767. The van der Waals surface area contributed by atoms with Gasteiger partial charge >= 0.3 is 12.0 Å². The van der Waals surface area contributed by atoms with Gasteiger partial charge in [0.2, 0.25) is 0 Å². The molecule has 0 aromatic rings. The second-order valence-electron chi connectivity index (χ2n) is 5.04. The second kappa shape index (κ2) is 6.58. The lowest BCUT2D eigenvalue weighted by atomic mass is 9.80. The van der Waals surface area contributed by atoms with Crippen LogP contribution >= 0.6 is 0 Å². The van der Waals surface area contributed by atoms with Crippen molar-refractivity contribution in [2.45, 2.75) is 26.2 Å². The Kier molecular flexibility index (Phi) is 5.40. The number of hydrogen-bond donors (Lipinski definition) is 3. The number of urea groups is 1. The van der Waals surface area contributed by atoms with Crippen molar-refractivity contribution in [2.24, 2.45) is 5.41 Å². The van der Waals surface area contributed by atoms with Crippen molar-refractivity contribution in [3.63, 3.8) is 0 Å². The van der Waals surface area contributed by atoms with Crippen LogP contribution in [0.4, 0.5) is 4.79 Å². The molecule has 2 amide bonds. The minimum Gasteiger partial charge on any atom is -0.481 e. The van der Waals surface area contributed by atoms with Crippen LogP contribution in [0.1, 0.15) is 26.2 Å². The summed E-state index contributed by atoms with van der Waals surface area (Å²) in [6, 6.07) is -0.0847. The van der Waals surface area contributed by atoms with Crippen LogP contribution in [0.15, 0.2) is 0 Å². The van der Waals surface area contributed by atoms with Gasteiger partial charge in [0, 0.05) is 19.6 Å². The predicted molar refractivity (Wildman–Crippen MR) is 68.5 cm³/mol. The number of amides is 2. The molecule has 1 heterocycles. The van der Waals surface area contributed by atoms with Gasteiger partial charge in [0.15, 0.2) is 0 Å². The maximum atomic E-state index is 11.8. The maximum absolute atomic E-state index is 11.8. The fourth-order valence-electron chi connectivity index (χ4n) is 1.99. The van der Waals surface area contributed by atoms with Gasteiger partial charge in [0.25, 0.3) is 0 Å². The van der Waals surface area contributed by atoms with Crippen LogP contribution in [-0.2, 0) is 4.79 Å². The molecule has 1 rings (SSSR count). The summed E-state index contributed by atoms with van der Waals surface area (Å²) in [4.78, 5) is 24.6. The standard InChI is InChI=1S/C12H23N3O3/c1-12(10(16)17)4-8-15(9-5-12)11(18)14-7-3-6-13-2/h13H,3-9H2,1-2H3,(H,14,18)(H,16,17). The Morgan fingerprint density at radius 2 is 1.89 bits per heavy atom. The van der Waals surface area contributed by atoms with Gasteiger partial charge in [-0.15, -0.1) is 0 Å². The minimum absolute atomic E-state index is 0.0847. The van der Waals surface area contributed by atoms with Crippen molar-refractivity contribution in [3.8, 4) is 0 Å². The molecule has 1 aliphatic rings. The van der Waals surface area contributed by atoms with Crippen molar-refractivity contribution in [2.75, 3.05) is 33.2 Å². The van der Waals surface area contributed by atoms with E-state index in [-0.39, 0.29) is 6.03 Å². The van der Waals surface area contributed by atoms with Crippen molar-refractivity contribution in [3.05, 3.63) is 0 Å². The Labute approximate surface area is 108 Å². The number of carboxylic acids is 1. The minimum atomic E-state index is -0.767. The zero-order chi connectivity index (χ0) is 13.6. The van der Waals surface area contributed by atoms with Crippen LogP contribution in [0.3, 0.4) is 0 Å². The van der Waals surface area contributed by atoms with E-state index in [2.05, 4.69) is 10.6 Å². The largest absolute Gasteiger partial charge is 0.481 e. The maximum Gasteiger partial charge on any atom is 0.317 e. The summed E-state index contributed by atoms with van der Waals surface area (Å²) in [7, 11) is 1.87. The van der Waals surface area contributed by atoms with E-state index in [0.717, 1.165) is 13.0 Å². The van der Waals surface area contributed by atoms with E-state index in [9.17, 15) is 9.59 Å². The normalized spacial score (nSPS) is 18.4. The van der Waals surface area contributed by atoms with Gasteiger partial charge in [-0.3, -0.25) is 4.79 Å². The number of nitrogens with one attached hydrogen (secondary N) is 2. The molecule has 1 aliphatic heterocycles. The molecule has 3 N–H and O–H groups in total. The lowest BCUT2D eigenvalue weighted by Gasteiger charge is -2.36. The summed E-state index contributed by atoms with van der Waals surface area (Å²) in [6.45, 7) is 4.29. The first kappa shape index (κ1) is 14.8. The predicted octanol–water partition coefficient (Wildman–Crippen LogP) is 0.492. The van der Waals surface area contributed by atoms with Crippen LogP contribution in [0, 0.1) is 5.41 Å².